The van der Waals surface area contributed by atoms with Gasteiger partial charge in [0.2, 0.25) is 0 Å². The molecule has 0 heterocycles. The van der Waals surface area contributed by atoms with Crippen LogP contribution in [0.15, 0.2) is 47.4 Å². The maximum absolute atomic E-state index is 13.0. The molecule has 2 aromatic rings. The highest BCUT2D eigenvalue weighted by Gasteiger charge is 2.10. The Morgan fingerprint density at radius 1 is 1.11 bits per heavy atom. The van der Waals surface area contributed by atoms with Crippen molar-refractivity contribution in [3.63, 3.8) is 0 Å². The molecule has 0 saturated carbocycles. The molecule has 0 aliphatic carbocycles. The van der Waals surface area contributed by atoms with Gasteiger partial charge in [0.15, 0.2) is 5.78 Å². The van der Waals surface area contributed by atoms with Gasteiger partial charge in [-0.25, -0.2) is 4.39 Å². The largest absolute Gasteiger partial charge is 0.293 e. The first-order valence-corrected chi connectivity index (χ1v) is 7.03. The fraction of sp³-hybridized carbons (Fsp3) is 0.188. The molecule has 0 aliphatic rings. The summed E-state index contributed by atoms with van der Waals surface area (Å²) in [7, 11) is 0. The third-order valence-corrected chi connectivity index (χ3v) is 3.89. The Balaban J connectivity index is 2.03. The number of halogens is 1. The first-order chi connectivity index (χ1) is 9.06. The van der Waals surface area contributed by atoms with Crippen LogP contribution in [0, 0.1) is 19.7 Å². The van der Waals surface area contributed by atoms with Crippen LogP contribution in [0.25, 0.3) is 0 Å². The zero-order chi connectivity index (χ0) is 13.8. The summed E-state index contributed by atoms with van der Waals surface area (Å²) < 4.78 is 13.0. The van der Waals surface area contributed by atoms with Gasteiger partial charge in [0.25, 0.3) is 0 Å². The van der Waals surface area contributed by atoms with Crippen LogP contribution in [0.2, 0.25) is 0 Å². The van der Waals surface area contributed by atoms with E-state index in [9.17, 15) is 9.18 Å². The monoisotopic (exact) mass is 274 g/mol. The van der Waals surface area contributed by atoms with Crippen molar-refractivity contribution < 1.29 is 9.18 Å². The van der Waals surface area contributed by atoms with E-state index in [1.54, 1.807) is 13.0 Å². The van der Waals surface area contributed by atoms with Crippen LogP contribution in [0.1, 0.15) is 21.5 Å². The molecule has 0 aromatic heterocycles. The maximum Gasteiger partial charge on any atom is 0.173 e. The molecular formula is C16H15FOS. The van der Waals surface area contributed by atoms with Crippen molar-refractivity contribution in [1.82, 2.24) is 0 Å². The molecule has 0 spiro atoms. The molecule has 0 N–H and O–H groups in total. The lowest BCUT2D eigenvalue weighted by molar-refractivity contribution is 0.102. The quantitative estimate of drug-likeness (QED) is 0.606. The lowest BCUT2D eigenvalue weighted by atomic mass is 10.1. The van der Waals surface area contributed by atoms with Gasteiger partial charge >= 0.3 is 0 Å². The first-order valence-electron chi connectivity index (χ1n) is 6.05. The van der Waals surface area contributed by atoms with E-state index >= 15 is 0 Å². The van der Waals surface area contributed by atoms with E-state index in [4.69, 9.17) is 0 Å². The van der Waals surface area contributed by atoms with Crippen LogP contribution in [0.3, 0.4) is 0 Å². The van der Waals surface area contributed by atoms with E-state index in [0.29, 0.717) is 16.9 Å². The number of rotatable bonds is 4. The van der Waals surface area contributed by atoms with Crippen LogP contribution in [-0.2, 0) is 0 Å². The predicted octanol–water partition coefficient (Wildman–Crippen LogP) is 4.42. The van der Waals surface area contributed by atoms with Crippen LogP contribution in [0.4, 0.5) is 4.39 Å². The number of Topliss-reactive ketones (excluding diaryl/α,β-unsaturated/α-hetero) is 1. The van der Waals surface area contributed by atoms with E-state index in [1.807, 2.05) is 31.2 Å². The average Bonchev–Trinajstić information content (AvgIpc) is 2.37. The first kappa shape index (κ1) is 13.8. The summed E-state index contributed by atoms with van der Waals surface area (Å²) in [5.41, 5.74) is 2.49. The second kappa shape index (κ2) is 6.02. The normalized spacial score (nSPS) is 10.5. The topological polar surface area (TPSA) is 17.1 Å². The molecule has 2 rings (SSSR count). The van der Waals surface area contributed by atoms with Gasteiger partial charge in [-0.15, -0.1) is 11.8 Å². The summed E-state index contributed by atoms with van der Waals surface area (Å²) in [6.07, 6.45) is 0. The molecule has 0 atom stereocenters. The molecule has 0 fully saturated rings. The van der Waals surface area contributed by atoms with Gasteiger partial charge in [-0.3, -0.25) is 4.79 Å². The average molecular weight is 274 g/mol. The molecule has 3 heteroatoms. The highest BCUT2D eigenvalue weighted by molar-refractivity contribution is 8.00. The molecule has 19 heavy (non-hydrogen) atoms. The number of hydrogen-bond acceptors (Lipinski definition) is 2. The van der Waals surface area contributed by atoms with Crippen LogP contribution < -0.4 is 0 Å². The summed E-state index contributed by atoms with van der Waals surface area (Å²) in [5.74, 6) is 0.0959. The Morgan fingerprint density at radius 3 is 2.42 bits per heavy atom. The van der Waals surface area contributed by atoms with Crippen molar-refractivity contribution in [2.45, 2.75) is 18.7 Å². The van der Waals surface area contributed by atoms with E-state index < -0.39 is 0 Å². The molecule has 1 nitrogen and oxygen atoms in total. The molecule has 2 aromatic carbocycles. The molecule has 98 valence electrons. The van der Waals surface area contributed by atoms with E-state index in [-0.39, 0.29) is 11.6 Å². The van der Waals surface area contributed by atoms with Gasteiger partial charge in [-0.05, 0) is 49.7 Å². The van der Waals surface area contributed by atoms with Crippen LogP contribution >= 0.6 is 11.8 Å². The number of thioether (sulfide) groups is 1. The Hall–Kier alpha value is -1.61. The van der Waals surface area contributed by atoms with E-state index in [0.717, 1.165) is 4.90 Å². The fourth-order valence-electron chi connectivity index (χ4n) is 1.80. The van der Waals surface area contributed by atoms with Crippen molar-refractivity contribution in [1.29, 1.82) is 0 Å². The lowest BCUT2D eigenvalue weighted by Crippen LogP contribution is -2.05. The smallest absolute Gasteiger partial charge is 0.173 e. The second-order valence-electron chi connectivity index (χ2n) is 4.48. The highest BCUT2D eigenvalue weighted by Crippen LogP contribution is 2.21. The number of hydrogen-bond donors (Lipinski definition) is 0. The maximum atomic E-state index is 13.0. The number of aryl methyl sites for hydroxylation is 2. The molecule has 0 saturated heterocycles. The summed E-state index contributed by atoms with van der Waals surface area (Å²) in [6, 6.07) is 12.3. The summed E-state index contributed by atoms with van der Waals surface area (Å²) in [6.45, 7) is 3.79. The van der Waals surface area contributed by atoms with Gasteiger partial charge in [0.05, 0.1) is 5.75 Å². The summed E-state index contributed by atoms with van der Waals surface area (Å²) in [5, 5.41) is 0. The molecule has 0 unspecified atom stereocenters. The van der Waals surface area contributed by atoms with Crippen molar-refractivity contribution in [2.75, 3.05) is 5.75 Å². The van der Waals surface area contributed by atoms with Gasteiger partial charge in [-0.2, -0.15) is 0 Å². The molecular weight excluding hydrogens is 259 g/mol. The third kappa shape index (κ3) is 3.67. The van der Waals surface area contributed by atoms with Crippen LogP contribution in [0.5, 0.6) is 0 Å². The minimum atomic E-state index is -0.305. The number of carbonyl (C=O) groups excluding carboxylic acids is 1. The standard InChI is InChI=1S/C16H15FOS/c1-11-3-6-14(7-4-11)19-10-16(18)15-8-5-13(17)9-12(15)2/h3-9H,10H2,1-2H3. The number of carbonyl (C=O) groups is 1. The Kier molecular flexibility index (Phi) is 4.38. The minimum absolute atomic E-state index is 0.0306. The Labute approximate surface area is 116 Å². The van der Waals surface area contributed by atoms with Crippen LogP contribution in [-0.4, -0.2) is 11.5 Å². The zero-order valence-corrected chi connectivity index (χ0v) is 11.8. The second-order valence-corrected chi connectivity index (χ2v) is 5.53. The van der Waals surface area contributed by atoms with Gasteiger partial charge in [0.1, 0.15) is 5.82 Å². The molecule has 0 amide bonds. The van der Waals surface area contributed by atoms with Gasteiger partial charge in [-0.1, -0.05) is 17.7 Å². The Morgan fingerprint density at radius 2 is 1.79 bits per heavy atom. The van der Waals surface area contributed by atoms with Crippen molar-refractivity contribution in [3.05, 3.63) is 65.0 Å². The highest BCUT2D eigenvalue weighted by atomic mass is 32.2. The SMILES string of the molecule is Cc1ccc(SCC(=O)c2ccc(F)cc2C)cc1. The Bertz CT molecular complexity index is 590. The van der Waals surface area contributed by atoms with Gasteiger partial charge < -0.3 is 0 Å². The van der Waals surface area contributed by atoms with E-state index in [1.165, 1.54) is 29.5 Å². The van der Waals surface area contributed by atoms with Gasteiger partial charge in [0, 0.05) is 10.5 Å². The fourth-order valence-corrected chi connectivity index (χ4v) is 2.58. The lowest BCUT2D eigenvalue weighted by Gasteiger charge is -2.05. The molecule has 0 radical (unpaired) electrons. The predicted molar refractivity (Wildman–Crippen MR) is 77.4 cm³/mol. The van der Waals surface area contributed by atoms with Crippen molar-refractivity contribution >= 4 is 17.5 Å². The zero-order valence-electron chi connectivity index (χ0n) is 10.9. The third-order valence-electron chi connectivity index (χ3n) is 2.88. The number of benzene rings is 2. The van der Waals surface area contributed by atoms with E-state index in [2.05, 4.69) is 0 Å². The summed E-state index contributed by atoms with van der Waals surface area (Å²) in [4.78, 5) is 13.1. The van der Waals surface area contributed by atoms with Crippen molar-refractivity contribution in [3.8, 4) is 0 Å². The van der Waals surface area contributed by atoms with Crippen molar-refractivity contribution in [2.24, 2.45) is 0 Å². The number of ketones is 1. The molecule has 0 bridgehead atoms. The summed E-state index contributed by atoms with van der Waals surface area (Å²) >= 11 is 1.50. The molecule has 0 aliphatic heterocycles. The minimum Gasteiger partial charge on any atom is -0.293 e.